The molecule has 0 bridgehead atoms. The first-order valence-electron chi connectivity index (χ1n) is 6.66. The van der Waals surface area contributed by atoms with Gasteiger partial charge in [-0.15, -0.1) is 0 Å². The first kappa shape index (κ1) is 14.0. The van der Waals surface area contributed by atoms with Crippen molar-refractivity contribution in [3.05, 3.63) is 63.4 Å². The molecule has 110 valence electrons. The molecule has 1 saturated heterocycles. The Morgan fingerprint density at radius 1 is 1.19 bits per heavy atom. The number of aromatic amines is 1. The van der Waals surface area contributed by atoms with Crippen molar-refractivity contribution < 1.29 is 9.67 Å². The van der Waals surface area contributed by atoms with E-state index in [0.717, 1.165) is 0 Å². The summed E-state index contributed by atoms with van der Waals surface area (Å²) in [5.74, 6) is -0.829. The highest BCUT2D eigenvalue weighted by Crippen LogP contribution is 2.62. The third kappa shape index (κ3) is 2.30. The molecule has 1 aliphatic heterocycles. The van der Waals surface area contributed by atoms with E-state index in [1.165, 1.54) is 16.8 Å². The first-order chi connectivity index (χ1) is 10.0. The lowest BCUT2D eigenvalue weighted by Crippen LogP contribution is -2.35. The van der Waals surface area contributed by atoms with E-state index < -0.39 is 30.3 Å². The molecule has 1 aromatic heterocycles. The molecule has 3 atom stereocenters. The van der Waals surface area contributed by atoms with Gasteiger partial charge in [-0.1, -0.05) is 30.3 Å². The molecule has 0 aliphatic carbocycles. The Kier molecular flexibility index (Phi) is 3.43. The minimum atomic E-state index is -2.96. The van der Waals surface area contributed by atoms with Crippen molar-refractivity contribution in [1.82, 2.24) is 9.55 Å². The average Bonchev–Trinajstić information content (AvgIpc) is 2.78. The number of aliphatic hydroxyl groups excluding tert-OH is 1. The molecule has 2 aromatic rings. The molecule has 2 N–H and O–H groups in total. The van der Waals surface area contributed by atoms with Crippen LogP contribution in [0.15, 0.2) is 52.2 Å². The second-order valence-corrected chi connectivity index (χ2v) is 8.23. The molecule has 7 heteroatoms. The maximum atomic E-state index is 13.4. The number of aliphatic hydroxyl groups is 1. The molecule has 1 fully saturated rings. The van der Waals surface area contributed by atoms with Crippen molar-refractivity contribution in [2.45, 2.75) is 18.3 Å². The van der Waals surface area contributed by atoms with Gasteiger partial charge in [0.2, 0.25) is 0 Å². The predicted molar refractivity (Wildman–Crippen MR) is 79.5 cm³/mol. The van der Waals surface area contributed by atoms with Gasteiger partial charge in [0.15, 0.2) is 0 Å². The Morgan fingerprint density at radius 2 is 1.90 bits per heavy atom. The molecule has 0 radical (unpaired) electrons. The number of nitrogens with one attached hydrogen (secondary N) is 1. The van der Waals surface area contributed by atoms with E-state index in [2.05, 4.69) is 4.98 Å². The van der Waals surface area contributed by atoms with Crippen molar-refractivity contribution in [3.8, 4) is 0 Å². The van der Waals surface area contributed by atoms with Gasteiger partial charge < -0.3 is 9.67 Å². The van der Waals surface area contributed by atoms with Crippen LogP contribution in [0.5, 0.6) is 0 Å². The monoisotopic (exact) mass is 306 g/mol. The maximum absolute atomic E-state index is 13.4. The van der Waals surface area contributed by atoms with Crippen LogP contribution >= 0.6 is 7.14 Å². The fourth-order valence-electron chi connectivity index (χ4n) is 2.87. The number of hydrogen-bond donors (Lipinski definition) is 2. The number of H-pyrrole nitrogens is 1. The van der Waals surface area contributed by atoms with E-state index in [0.29, 0.717) is 17.9 Å². The number of aromatic nitrogens is 2. The zero-order valence-electron chi connectivity index (χ0n) is 11.2. The summed E-state index contributed by atoms with van der Waals surface area (Å²) in [6.45, 7) is 0. The maximum Gasteiger partial charge on any atom is 0.329 e. The minimum Gasteiger partial charge on any atom is -0.390 e. The number of benzene rings is 1. The Morgan fingerprint density at radius 3 is 2.57 bits per heavy atom. The van der Waals surface area contributed by atoms with Crippen LogP contribution in [-0.2, 0) is 4.57 Å². The number of rotatable bonds is 2. The lowest BCUT2D eigenvalue weighted by atomic mass is 10.3. The van der Waals surface area contributed by atoms with Crippen LogP contribution in [0.4, 0.5) is 0 Å². The van der Waals surface area contributed by atoms with Gasteiger partial charge in [0.25, 0.3) is 5.56 Å². The van der Waals surface area contributed by atoms with Crippen LogP contribution in [-0.4, -0.2) is 26.9 Å². The van der Waals surface area contributed by atoms with E-state index in [1.807, 2.05) is 6.07 Å². The second kappa shape index (κ2) is 5.13. The predicted octanol–water partition coefficient (Wildman–Crippen LogP) is 0.488. The van der Waals surface area contributed by atoms with Gasteiger partial charge in [-0.25, -0.2) is 4.79 Å². The summed E-state index contributed by atoms with van der Waals surface area (Å²) in [6.07, 6.45) is 1.13. The van der Waals surface area contributed by atoms with Crippen molar-refractivity contribution in [3.63, 3.8) is 0 Å². The fraction of sp³-hybridized carbons (Fsp3) is 0.286. The Bertz CT molecular complexity index is 811. The quantitative estimate of drug-likeness (QED) is 0.790. The lowest BCUT2D eigenvalue weighted by molar-refractivity contribution is 0.151. The standard InChI is InChI=1S/C14H15N2O4P/c17-11-7-9-21(20,10-4-2-1-3-5-10)13(11)16-8-6-12(18)15-14(16)19/h1-6,8,11,13,17H,7,9H2,(H,15,18,19)/t11-,13-,21?/m1/s1. The highest BCUT2D eigenvalue weighted by molar-refractivity contribution is 7.72. The smallest absolute Gasteiger partial charge is 0.329 e. The van der Waals surface area contributed by atoms with Gasteiger partial charge in [-0.05, 0) is 6.42 Å². The van der Waals surface area contributed by atoms with Gasteiger partial charge in [-0.2, -0.15) is 0 Å². The first-order valence-corrected chi connectivity index (χ1v) is 8.62. The second-order valence-electron chi connectivity index (χ2n) is 5.14. The summed E-state index contributed by atoms with van der Waals surface area (Å²) in [7, 11) is -2.96. The van der Waals surface area contributed by atoms with Crippen molar-refractivity contribution in [1.29, 1.82) is 0 Å². The summed E-state index contributed by atoms with van der Waals surface area (Å²) in [5, 5.41) is 10.9. The van der Waals surface area contributed by atoms with Gasteiger partial charge in [-0.3, -0.25) is 14.3 Å². The van der Waals surface area contributed by atoms with E-state index >= 15 is 0 Å². The normalized spacial score (nSPS) is 28.6. The SMILES string of the molecule is O=c1ccn([C@H]2[C@H](O)CCP2(=O)c2ccccc2)c(=O)[nH]1. The van der Waals surface area contributed by atoms with Crippen molar-refractivity contribution in [2.24, 2.45) is 0 Å². The van der Waals surface area contributed by atoms with E-state index in [1.54, 1.807) is 24.3 Å². The van der Waals surface area contributed by atoms with Crippen LogP contribution < -0.4 is 16.6 Å². The molecule has 0 amide bonds. The Balaban J connectivity index is 2.17. The largest absolute Gasteiger partial charge is 0.390 e. The lowest BCUT2D eigenvalue weighted by Gasteiger charge is -2.24. The molecule has 1 aromatic carbocycles. The number of hydrogen-bond acceptors (Lipinski definition) is 4. The van der Waals surface area contributed by atoms with Crippen LogP contribution in [0.25, 0.3) is 0 Å². The molecule has 6 nitrogen and oxygen atoms in total. The van der Waals surface area contributed by atoms with Crippen LogP contribution in [0, 0.1) is 0 Å². The topological polar surface area (TPSA) is 92.2 Å². The average molecular weight is 306 g/mol. The molecular weight excluding hydrogens is 291 g/mol. The Hall–Kier alpha value is -1.91. The number of nitrogens with zero attached hydrogens (tertiary/aromatic N) is 1. The van der Waals surface area contributed by atoms with Gasteiger partial charge in [0.05, 0.1) is 6.10 Å². The molecule has 1 unspecified atom stereocenters. The van der Waals surface area contributed by atoms with Gasteiger partial charge in [0.1, 0.15) is 12.9 Å². The molecule has 21 heavy (non-hydrogen) atoms. The van der Waals surface area contributed by atoms with Crippen LogP contribution in [0.3, 0.4) is 0 Å². The van der Waals surface area contributed by atoms with E-state index in [-0.39, 0.29) is 0 Å². The van der Waals surface area contributed by atoms with Crippen LogP contribution in [0.1, 0.15) is 12.2 Å². The minimum absolute atomic E-state index is 0.342. The molecule has 3 rings (SSSR count). The van der Waals surface area contributed by atoms with Crippen molar-refractivity contribution in [2.75, 3.05) is 6.16 Å². The van der Waals surface area contributed by atoms with Gasteiger partial charge in [0, 0.05) is 23.7 Å². The molecule has 0 spiro atoms. The molecule has 0 saturated carbocycles. The highest BCUT2D eigenvalue weighted by atomic mass is 31.2. The third-order valence-electron chi connectivity index (χ3n) is 3.86. The highest BCUT2D eigenvalue weighted by Gasteiger charge is 2.46. The zero-order chi connectivity index (χ0) is 15.0. The zero-order valence-corrected chi connectivity index (χ0v) is 12.1. The third-order valence-corrected chi connectivity index (χ3v) is 7.40. The van der Waals surface area contributed by atoms with E-state index in [9.17, 15) is 19.3 Å². The molecule has 2 heterocycles. The molecule has 1 aliphatic rings. The Labute approximate surface area is 120 Å². The van der Waals surface area contributed by atoms with Crippen molar-refractivity contribution >= 4 is 12.4 Å². The summed E-state index contributed by atoms with van der Waals surface area (Å²) in [6, 6.07) is 10.1. The summed E-state index contributed by atoms with van der Waals surface area (Å²) in [4.78, 5) is 25.3. The summed E-state index contributed by atoms with van der Waals surface area (Å²) in [5.41, 5.74) is -1.16. The molecular formula is C14H15N2O4P. The summed E-state index contributed by atoms with van der Waals surface area (Å²) < 4.78 is 14.6. The van der Waals surface area contributed by atoms with E-state index in [4.69, 9.17) is 0 Å². The van der Waals surface area contributed by atoms with Crippen LogP contribution in [0.2, 0.25) is 0 Å². The summed E-state index contributed by atoms with van der Waals surface area (Å²) >= 11 is 0. The van der Waals surface area contributed by atoms with Gasteiger partial charge >= 0.3 is 5.69 Å². The fourth-order valence-corrected chi connectivity index (χ4v) is 6.31.